The van der Waals surface area contributed by atoms with E-state index in [0.717, 1.165) is 68.1 Å². The summed E-state index contributed by atoms with van der Waals surface area (Å²) in [6, 6.07) is 16.1. The van der Waals surface area contributed by atoms with Crippen LogP contribution in [0.2, 0.25) is 0 Å². The van der Waals surface area contributed by atoms with Gasteiger partial charge in [0.2, 0.25) is 0 Å². The Kier molecular flexibility index (Phi) is 7.98. The topological polar surface area (TPSA) is 67.5 Å². The number of aliphatic carboxylic acids is 1. The maximum atomic E-state index is 12.9. The van der Waals surface area contributed by atoms with Crippen molar-refractivity contribution >= 4 is 22.7 Å². The van der Waals surface area contributed by atoms with Gasteiger partial charge in [0, 0.05) is 29.4 Å². The summed E-state index contributed by atoms with van der Waals surface area (Å²) in [5.41, 5.74) is 3.95. The van der Waals surface area contributed by atoms with Crippen molar-refractivity contribution in [3.05, 3.63) is 71.0 Å². The number of carboxylic acid groups (broad SMARTS) is 1. The molecule has 33 heavy (non-hydrogen) atoms. The molecule has 1 atom stereocenters. The molecule has 4 nitrogen and oxygen atoms in total. The van der Waals surface area contributed by atoms with E-state index in [9.17, 15) is 14.7 Å². The monoisotopic (exact) mass is 446 g/mol. The first-order valence-corrected chi connectivity index (χ1v) is 12.5. The molecule has 174 valence electrons. The van der Waals surface area contributed by atoms with Crippen molar-refractivity contribution in [3.8, 4) is 0 Å². The van der Waals surface area contributed by atoms with Crippen LogP contribution in [-0.4, -0.2) is 16.9 Å². The Hall–Kier alpha value is -2.88. The minimum Gasteiger partial charge on any atom is -0.481 e. The van der Waals surface area contributed by atoms with Crippen LogP contribution in [0.3, 0.4) is 0 Å². The van der Waals surface area contributed by atoms with E-state index in [-0.39, 0.29) is 12.2 Å². The lowest BCUT2D eigenvalue weighted by atomic mass is 9.92. The highest BCUT2D eigenvalue weighted by atomic mass is 16.4. The summed E-state index contributed by atoms with van der Waals surface area (Å²) in [6.07, 6.45) is 11.2. The first kappa shape index (κ1) is 23.3. The largest absolute Gasteiger partial charge is 0.481 e. The van der Waals surface area contributed by atoms with E-state index >= 15 is 0 Å². The molecule has 0 spiro atoms. The Balaban J connectivity index is 1.28. The maximum Gasteiger partial charge on any atom is 0.306 e. The fourth-order valence-corrected chi connectivity index (χ4v) is 4.99. The number of furan rings is 1. The van der Waals surface area contributed by atoms with E-state index in [1.54, 1.807) is 0 Å². The Morgan fingerprint density at radius 2 is 1.70 bits per heavy atom. The van der Waals surface area contributed by atoms with Crippen molar-refractivity contribution < 1.29 is 19.1 Å². The Morgan fingerprint density at radius 3 is 2.52 bits per heavy atom. The number of rotatable bonds is 11. The molecule has 1 N–H and O–H groups in total. The maximum absolute atomic E-state index is 12.9. The van der Waals surface area contributed by atoms with Crippen LogP contribution in [0, 0.1) is 5.92 Å². The first-order chi connectivity index (χ1) is 16.1. The Labute approximate surface area is 196 Å². The van der Waals surface area contributed by atoms with E-state index in [0.29, 0.717) is 12.0 Å². The number of hydrogen-bond acceptors (Lipinski definition) is 3. The van der Waals surface area contributed by atoms with Gasteiger partial charge >= 0.3 is 5.97 Å². The second kappa shape index (κ2) is 11.3. The fourth-order valence-electron chi connectivity index (χ4n) is 4.99. The summed E-state index contributed by atoms with van der Waals surface area (Å²) in [7, 11) is 0. The quantitative estimate of drug-likeness (QED) is 0.193. The third-order valence-electron chi connectivity index (χ3n) is 6.92. The van der Waals surface area contributed by atoms with Gasteiger partial charge in [-0.25, -0.2) is 0 Å². The second-order valence-corrected chi connectivity index (χ2v) is 9.38. The third-order valence-corrected chi connectivity index (χ3v) is 6.92. The number of carbonyl (C=O) groups is 2. The molecule has 0 radical (unpaired) electrons. The first-order valence-electron chi connectivity index (χ1n) is 12.5. The van der Waals surface area contributed by atoms with Gasteiger partial charge in [0.25, 0.3) is 0 Å². The van der Waals surface area contributed by atoms with Crippen LogP contribution >= 0.6 is 0 Å². The average Bonchev–Trinajstić information content (AvgIpc) is 3.00. The summed E-state index contributed by atoms with van der Waals surface area (Å²) in [4.78, 5) is 24.7. The smallest absolute Gasteiger partial charge is 0.306 e. The number of Topliss-reactive ketones (excluding diaryl/α,β-unsaturated/α-hetero) is 1. The van der Waals surface area contributed by atoms with Crippen molar-refractivity contribution in [3.63, 3.8) is 0 Å². The number of fused-ring (bicyclic) bond motifs is 3. The number of benzene rings is 2. The second-order valence-electron chi connectivity index (χ2n) is 9.38. The van der Waals surface area contributed by atoms with Crippen LogP contribution in [0.4, 0.5) is 0 Å². The zero-order chi connectivity index (χ0) is 23.0. The zero-order valence-electron chi connectivity index (χ0n) is 19.4. The van der Waals surface area contributed by atoms with Crippen molar-refractivity contribution in [1.82, 2.24) is 0 Å². The molecule has 0 saturated carbocycles. The minimum absolute atomic E-state index is 0.0469. The van der Waals surface area contributed by atoms with Gasteiger partial charge in [0.1, 0.15) is 11.3 Å². The highest BCUT2D eigenvalue weighted by Crippen LogP contribution is 2.32. The van der Waals surface area contributed by atoms with E-state index in [1.165, 1.54) is 24.0 Å². The number of hydrogen-bond donors (Lipinski definition) is 1. The van der Waals surface area contributed by atoms with E-state index in [1.807, 2.05) is 24.3 Å². The van der Waals surface area contributed by atoms with Gasteiger partial charge in [-0.05, 0) is 50.2 Å². The van der Waals surface area contributed by atoms with Crippen molar-refractivity contribution in [2.45, 2.75) is 77.0 Å². The Morgan fingerprint density at radius 1 is 0.909 bits per heavy atom. The zero-order valence-corrected chi connectivity index (χ0v) is 19.4. The van der Waals surface area contributed by atoms with Crippen LogP contribution in [0.15, 0.2) is 52.9 Å². The average molecular weight is 447 g/mol. The summed E-state index contributed by atoms with van der Waals surface area (Å²) in [6.45, 7) is 0. The number of aryl methyl sites for hydroxylation is 3. The highest BCUT2D eigenvalue weighted by molar-refractivity contribution is 6.01. The van der Waals surface area contributed by atoms with Gasteiger partial charge in [-0.2, -0.15) is 0 Å². The SMILES string of the molecule is O=C(C[C@H](CCCCCCc1ccccc1)C(=O)O)c1ccc2c3c(oc2c1)CCCCC3. The lowest BCUT2D eigenvalue weighted by molar-refractivity contribution is -0.141. The number of ketones is 1. The molecule has 4 heteroatoms. The van der Waals surface area contributed by atoms with Crippen LogP contribution in [0.5, 0.6) is 0 Å². The van der Waals surface area contributed by atoms with Crippen LogP contribution in [0.25, 0.3) is 11.0 Å². The molecule has 1 aliphatic rings. The van der Waals surface area contributed by atoms with E-state index in [2.05, 4.69) is 24.3 Å². The molecule has 0 amide bonds. The van der Waals surface area contributed by atoms with E-state index < -0.39 is 11.9 Å². The molecule has 0 bridgehead atoms. The minimum atomic E-state index is -0.876. The van der Waals surface area contributed by atoms with Gasteiger partial charge in [-0.1, -0.05) is 68.1 Å². The summed E-state index contributed by atoms with van der Waals surface area (Å²) < 4.78 is 6.08. The van der Waals surface area contributed by atoms with Crippen LogP contribution in [0.1, 0.15) is 85.0 Å². The van der Waals surface area contributed by atoms with Crippen LogP contribution in [-0.2, 0) is 24.1 Å². The third kappa shape index (κ3) is 6.13. The molecular formula is C29H34O4. The molecule has 0 unspecified atom stereocenters. The van der Waals surface area contributed by atoms with Gasteiger partial charge in [0.05, 0.1) is 5.92 Å². The fraction of sp³-hybridized carbons (Fsp3) is 0.448. The lowest BCUT2D eigenvalue weighted by Crippen LogP contribution is -2.18. The van der Waals surface area contributed by atoms with Crippen molar-refractivity contribution in [2.75, 3.05) is 0 Å². The number of carboxylic acids is 1. The number of unbranched alkanes of at least 4 members (excludes halogenated alkanes) is 3. The molecule has 0 fully saturated rings. The molecule has 2 aromatic carbocycles. The molecule has 0 aliphatic heterocycles. The van der Waals surface area contributed by atoms with Gasteiger partial charge in [0.15, 0.2) is 5.78 Å². The summed E-state index contributed by atoms with van der Waals surface area (Å²) >= 11 is 0. The van der Waals surface area contributed by atoms with Gasteiger partial charge in [-0.3, -0.25) is 9.59 Å². The van der Waals surface area contributed by atoms with Crippen molar-refractivity contribution in [2.24, 2.45) is 5.92 Å². The van der Waals surface area contributed by atoms with Crippen LogP contribution < -0.4 is 0 Å². The number of carbonyl (C=O) groups excluding carboxylic acids is 1. The molecule has 4 rings (SSSR count). The molecule has 3 aromatic rings. The predicted molar refractivity (Wildman–Crippen MR) is 131 cm³/mol. The Bertz CT molecular complexity index is 1080. The normalized spacial score (nSPS) is 14.5. The highest BCUT2D eigenvalue weighted by Gasteiger charge is 2.23. The lowest BCUT2D eigenvalue weighted by Gasteiger charge is -2.12. The summed E-state index contributed by atoms with van der Waals surface area (Å²) in [5.74, 6) is -0.559. The summed E-state index contributed by atoms with van der Waals surface area (Å²) in [5, 5.41) is 10.8. The van der Waals surface area contributed by atoms with E-state index in [4.69, 9.17) is 4.42 Å². The molecular weight excluding hydrogens is 412 g/mol. The van der Waals surface area contributed by atoms with Gasteiger partial charge in [-0.15, -0.1) is 0 Å². The molecule has 1 aromatic heterocycles. The molecule has 1 aliphatic carbocycles. The molecule has 1 heterocycles. The predicted octanol–water partition coefficient (Wildman–Crippen LogP) is 7.17. The molecule has 0 saturated heterocycles. The standard InChI is InChI=1S/C29H34O4/c30-26(22-17-18-25-24-15-9-4-10-16-27(24)33-28(25)20-22)19-23(29(31)32)14-8-2-1-5-11-21-12-6-3-7-13-21/h3,6-7,12-13,17-18,20,23H,1-2,4-5,8-11,14-16,19H2,(H,31,32)/t23-/m0/s1. The van der Waals surface area contributed by atoms with Gasteiger partial charge < -0.3 is 9.52 Å². The van der Waals surface area contributed by atoms with Crippen molar-refractivity contribution in [1.29, 1.82) is 0 Å².